The summed E-state index contributed by atoms with van der Waals surface area (Å²) in [5.74, 6) is -0.844. The fourth-order valence-corrected chi connectivity index (χ4v) is 4.41. The minimum atomic E-state index is -1.19. The molecular weight excluding hydrogens is 422 g/mol. The number of carbonyl (C=O) groups excluding carboxylic acids is 2. The number of aromatic amines is 1. The summed E-state index contributed by atoms with van der Waals surface area (Å²) in [5.41, 5.74) is 3.15. The van der Waals surface area contributed by atoms with Crippen LogP contribution in [-0.2, 0) is 25.5 Å². The highest BCUT2D eigenvalue weighted by molar-refractivity contribution is 6.63. The number of nitrogens with one attached hydrogen (secondary N) is 2. The number of hydrogen-bond donors (Lipinski definition) is 2. The highest BCUT2D eigenvalue weighted by atomic mass is 16.7. The summed E-state index contributed by atoms with van der Waals surface area (Å²) >= 11 is 0. The van der Waals surface area contributed by atoms with Crippen LogP contribution in [0.4, 0.5) is 5.95 Å². The smallest absolute Gasteiger partial charge is 0.369 e. The van der Waals surface area contributed by atoms with Gasteiger partial charge in [-0.1, -0.05) is 57.9 Å². The quantitative estimate of drug-likeness (QED) is 0.286. The highest BCUT2D eigenvalue weighted by Crippen LogP contribution is 2.40. The van der Waals surface area contributed by atoms with Gasteiger partial charge in [-0.3, -0.25) is 5.10 Å². The molecule has 2 N–H and O–H groups in total. The molecule has 33 heavy (non-hydrogen) atoms. The van der Waals surface area contributed by atoms with Crippen LogP contribution in [0.2, 0.25) is 0 Å². The van der Waals surface area contributed by atoms with Gasteiger partial charge in [-0.2, -0.15) is 10.1 Å². The number of anilines is 1. The number of allylic oxidation sites excluding steroid dienone is 2. The SMILES string of the molecule is C=CC(=C)CCC1CCC2(CC1)OC(=O)C(=NNc1n[nH]c(CC(CC)CCC)n1)C(=O)O2. The van der Waals surface area contributed by atoms with E-state index in [-0.39, 0.29) is 5.95 Å². The molecular formula is C24H35N5O4. The van der Waals surface area contributed by atoms with E-state index in [9.17, 15) is 9.59 Å². The number of hydrogen-bond acceptors (Lipinski definition) is 8. The fraction of sp³-hybridized carbons (Fsp3) is 0.625. The maximum absolute atomic E-state index is 12.5. The summed E-state index contributed by atoms with van der Waals surface area (Å²) in [6.45, 7) is 12.0. The van der Waals surface area contributed by atoms with Crippen LogP contribution >= 0.6 is 0 Å². The molecule has 1 aliphatic carbocycles. The molecule has 0 amide bonds. The average Bonchev–Trinajstić information content (AvgIpc) is 3.24. The Bertz CT molecular complexity index is 876. The van der Waals surface area contributed by atoms with Gasteiger partial charge in [0, 0.05) is 19.3 Å². The summed E-state index contributed by atoms with van der Waals surface area (Å²) in [6.07, 6.45) is 10.3. The Kier molecular flexibility index (Phi) is 8.41. The molecule has 3 rings (SSSR count). The summed E-state index contributed by atoms with van der Waals surface area (Å²) in [7, 11) is 0. The second-order valence-electron chi connectivity index (χ2n) is 8.98. The van der Waals surface area contributed by atoms with E-state index in [0.717, 1.165) is 62.8 Å². The minimum absolute atomic E-state index is 0.186. The molecule has 2 heterocycles. The number of hydrazone groups is 1. The summed E-state index contributed by atoms with van der Waals surface area (Å²) in [5, 5.41) is 10.8. The third-order valence-corrected chi connectivity index (χ3v) is 6.53. The van der Waals surface area contributed by atoms with Gasteiger partial charge in [-0.25, -0.2) is 15.0 Å². The Balaban J connectivity index is 1.53. The molecule has 2 aliphatic rings. The average molecular weight is 458 g/mol. The van der Waals surface area contributed by atoms with Crippen LogP contribution < -0.4 is 5.43 Å². The van der Waals surface area contributed by atoms with Gasteiger partial charge in [0.2, 0.25) is 0 Å². The lowest BCUT2D eigenvalue weighted by Gasteiger charge is -2.40. The van der Waals surface area contributed by atoms with Crippen molar-refractivity contribution in [2.24, 2.45) is 16.9 Å². The zero-order valence-corrected chi connectivity index (χ0v) is 19.7. The molecule has 9 heteroatoms. The first-order valence-corrected chi connectivity index (χ1v) is 11.9. The topological polar surface area (TPSA) is 119 Å². The predicted molar refractivity (Wildman–Crippen MR) is 125 cm³/mol. The molecule has 1 aliphatic heterocycles. The van der Waals surface area contributed by atoms with E-state index in [4.69, 9.17) is 9.47 Å². The van der Waals surface area contributed by atoms with E-state index < -0.39 is 23.4 Å². The lowest BCUT2D eigenvalue weighted by molar-refractivity contribution is -0.240. The number of rotatable bonds is 11. The molecule has 1 saturated carbocycles. The van der Waals surface area contributed by atoms with Gasteiger partial charge >= 0.3 is 11.9 Å². The molecule has 1 atom stereocenters. The largest absolute Gasteiger partial charge is 0.417 e. The number of ether oxygens (including phenoxy) is 2. The Hall–Kier alpha value is -2.97. The lowest BCUT2D eigenvalue weighted by Crippen LogP contribution is -2.52. The Morgan fingerprint density at radius 2 is 2.00 bits per heavy atom. The summed E-state index contributed by atoms with van der Waals surface area (Å²) in [4.78, 5) is 29.4. The van der Waals surface area contributed by atoms with Gasteiger partial charge in [-0.05, 0) is 37.5 Å². The van der Waals surface area contributed by atoms with Crippen LogP contribution in [0.5, 0.6) is 0 Å². The normalized spacial score (nSPS) is 23.6. The third kappa shape index (κ3) is 6.52. The molecule has 9 nitrogen and oxygen atoms in total. The first kappa shape index (κ1) is 24.7. The number of carbonyl (C=O) groups is 2. The standard InChI is InChI=1S/C24H35N5O4/c1-5-8-17(7-3)15-19-25-23(28-26-19)29-27-20-21(30)32-24(33-22(20)31)13-11-18(12-14-24)10-9-16(4)6-2/h6,17-18H,2,4-5,7-15H2,1,3H3,(H2,25,26,28,29). The van der Waals surface area contributed by atoms with Gasteiger partial charge in [0.15, 0.2) is 0 Å². The molecule has 0 bridgehead atoms. The van der Waals surface area contributed by atoms with Crippen molar-refractivity contribution in [2.45, 2.75) is 83.8 Å². The Morgan fingerprint density at radius 3 is 2.61 bits per heavy atom. The van der Waals surface area contributed by atoms with Gasteiger partial charge in [-0.15, -0.1) is 5.10 Å². The second-order valence-corrected chi connectivity index (χ2v) is 8.98. The van der Waals surface area contributed by atoms with Crippen LogP contribution in [0.1, 0.15) is 77.5 Å². The summed E-state index contributed by atoms with van der Waals surface area (Å²) in [6, 6.07) is 0. The van der Waals surface area contributed by atoms with Crippen molar-refractivity contribution in [3.63, 3.8) is 0 Å². The molecule has 1 unspecified atom stereocenters. The van der Waals surface area contributed by atoms with E-state index >= 15 is 0 Å². The number of H-pyrrole nitrogens is 1. The van der Waals surface area contributed by atoms with E-state index in [1.807, 2.05) is 0 Å². The van der Waals surface area contributed by atoms with Crippen LogP contribution in [0.15, 0.2) is 29.9 Å². The van der Waals surface area contributed by atoms with Crippen LogP contribution in [0.25, 0.3) is 0 Å². The predicted octanol–water partition coefficient (Wildman–Crippen LogP) is 4.45. The number of nitrogens with zero attached hydrogens (tertiary/aromatic N) is 3. The van der Waals surface area contributed by atoms with E-state index in [0.29, 0.717) is 24.7 Å². The molecule has 0 radical (unpaired) electrons. The van der Waals surface area contributed by atoms with Crippen molar-refractivity contribution in [2.75, 3.05) is 5.43 Å². The van der Waals surface area contributed by atoms with Gasteiger partial charge in [0.25, 0.3) is 17.4 Å². The van der Waals surface area contributed by atoms with E-state index in [1.54, 1.807) is 6.08 Å². The zero-order chi connectivity index (χ0) is 23.8. The van der Waals surface area contributed by atoms with Crippen molar-refractivity contribution in [3.8, 4) is 0 Å². The minimum Gasteiger partial charge on any atom is -0.417 e. The lowest BCUT2D eigenvalue weighted by atomic mass is 9.81. The highest BCUT2D eigenvalue weighted by Gasteiger charge is 2.49. The van der Waals surface area contributed by atoms with Crippen LogP contribution in [0, 0.1) is 11.8 Å². The van der Waals surface area contributed by atoms with Crippen molar-refractivity contribution in [1.82, 2.24) is 15.2 Å². The zero-order valence-electron chi connectivity index (χ0n) is 19.7. The first-order chi connectivity index (χ1) is 15.9. The molecule has 2 fully saturated rings. The molecule has 1 saturated heterocycles. The van der Waals surface area contributed by atoms with Crippen molar-refractivity contribution >= 4 is 23.6 Å². The monoisotopic (exact) mass is 457 g/mol. The van der Waals surface area contributed by atoms with Gasteiger partial charge in [0.1, 0.15) is 5.82 Å². The van der Waals surface area contributed by atoms with E-state index in [2.05, 4.69) is 52.7 Å². The van der Waals surface area contributed by atoms with Gasteiger partial charge < -0.3 is 9.47 Å². The molecule has 1 aromatic heterocycles. The Labute approximate surface area is 195 Å². The van der Waals surface area contributed by atoms with Crippen molar-refractivity contribution in [3.05, 3.63) is 30.6 Å². The maximum atomic E-state index is 12.5. The van der Waals surface area contributed by atoms with Gasteiger partial charge in [0.05, 0.1) is 0 Å². The van der Waals surface area contributed by atoms with Crippen molar-refractivity contribution < 1.29 is 19.1 Å². The molecule has 0 aromatic carbocycles. The van der Waals surface area contributed by atoms with Crippen LogP contribution in [-0.4, -0.2) is 38.6 Å². The molecule has 180 valence electrons. The summed E-state index contributed by atoms with van der Waals surface area (Å²) < 4.78 is 11.1. The first-order valence-electron chi connectivity index (χ1n) is 11.9. The third-order valence-electron chi connectivity index (χ3n) is 6.53. The number of aromatic nitrogens is 3. The second kappa shape index (κ2) is 11.2. The fourth-order valence-electron chi connectivity index (χ4n) is 4.41. The van der Waals surface area contributed by atoms with Crippen LogP contribution in [0.3, 0.4) is 0 Å². The van der Waals surface area contributed by atoms with Crippen molar-refractivity contribution in [1.29, 1.82) is 0 Å². The molecule has 1 aromatic rings. The molecule has 1 spiro atoms. The maximum Gasteiger partial charge on any atom is 0.369 e. The number of esters is 2. The Morgan fingerprint density at radius 1 is 1.30 bits per heavy atom. The van der Waals surface area contributed by atoms with E-state index in [1.165, 1.54) is 0 Å².